The largest absolute Gasteiger partial charge is 0.481 e. The van der Waals surface area contributed by atoms with Crippen LogP contribution in [0.2, 0.25) is 0 Å². The predicted molar refractivity (Wildman–Crippen MR) is 71.5 cm³/mol. The van der Waals surface area contributed by atoms with Gasteiger partial charge in [0.1, 0.15) is 0 Å². The Morgan fingerprint density at radius 2 is 2.06 bits per heavy atom. The molecule has 0 aliphatic carbocycles. The van der Waals surface area contributed by atoms with Crippen LogP contribution in [-0.2, 0) is 4.79 Å². The molecule has 0 spiro atoms. The van der Waals surface area contributed by atoms with Crippen LogP contribution in [-0.4, -0.2) is 29.1 Å². The average Bonchev–Trinajstić information content (AvgIpc) is 2.26. The van der Waals surface area contributed by atoms with Crippen LogP contribution in [0, 0.1) is 18.8 Å². The van der Waals surface area contributed by atoms with Crippen molar-refractivity contribution in [3.05, 3.63) is 35.4 Å². The Labute approximate surface area is 108 Å². The fourth-order valence-corrected chi connectivity index (χ4v) is 2.52. The van der Waals surface area contributed by atoms with Crippen LogP contribution in [0.4, 0.5) is 0 Å². The summed E-state index contributed by atoms with van der Waals surface area (Å²) in [5.41, 5.74) is 2.59. The Morgan fingerprint density at radius 1 is 1.39 bits per heavy atom. The fourth-order valence-electron chi connectivity index (χ4n) is 2.52. The van der Waals surface area contributed by atoms with Gasteiger partial charge in [0.2, 0.25) is 0 Å². The summed E-state index contributed by atoms with van der Waals surface area (Å²) >= 11 is 0. The van der Waals surface area contributed by atoms with Gasteiger partial charge in [0.15, 0.2) is 0 Å². The van der Waals surface area contributed by atoms with Crippen LogP contribution in [0.5, 0.6) is 0 Å². The molecule has 18 heavy (non-hydrogen) atoms. The zero-order chi connectivity index (χ0) is 13.3. The standard InChI is InChI=1S/C15H21NO2/c1-10-5-4-6-13(7-10)12(3)16-8-14(9-16)11(2)15(17)18/h4-7,11-12,14H,8-9H2,1-3H3,(H,17,18). The molecule has 1 aliphatic heterocycles. The number of aryl methyl sites for hydroxylation is 1. The molecule has 2 rings (SSSR count). The van der Waals surface area contributed by atoms with Gasteiger partial charge in [0.25, 0.3) is 0 Å². The van der Waals surface area contributed by atoms with Gasteiger partial charge in [-0.2, -0.15) is 0 Å². The molecule has 1 fully saturated rings. The molecule has 1 saturated heterocycles. The van der Waals surface area contributed by atoms with Crippen LogP contribution in [0.15, 0.2) is 24.3 Å². The second-order valence-electron chi connectivity index (χ2n) is 5.43. The minimum absolute atomic E-state index is 0.231. The number of hydrogen-bond donors (Lipinski definition) is 1. The summed E-state index contributed by atoms with van der Waals surface area (Å²) in [6.07, 6.45) is 0. The summed E-state index contributed by atoms with van der Waals surface area (Å²) in [4.78, 5) is 13.3. The fraction of sp³-hybridized carbons (Fsp3) is 0.533. The van der Waals surface area contributed by atoms with Crippen molar-refractivity contribution in [2.24, 2.45) is 11.8 Å². The molecule has 1 aromatic rings. The molecule has 3 heteroatoms. The molecule has 1 aromatic carbocycles. The van der Waals surface area contributed by atoms with E-state index in [-0.39, 0.29) is 5.92 Å². The Kier molecular flexibility index (Phi) is 3.71. The van der Waals surface area contributed by atoms with Crippen molar-refractivity contribution in [1.82, 2.24) is 4.90 Å². The van der Waals surface area contributed by atoms with Crippen molar-refractivity contribution < 1.29 is 9.90 Å². The van der Waals surface area contributed by atoms with Crippen molar-refractivity contribution >= 4 is 5.97 Å². The van der Waals surface area contributed by atoms with Crippen LogP contribution >= 0.6 is 0 Å². The highest BCUT2D eigenvalue weighted by Crippen LogP contribution is 2.32. The molecule has 0 saturated carbocycles. The molecule has 98 valence electrons. The number of carbonyl (C=O) groups is 1. The van der Waals surface area contributed by atoms with Crippen molar-refractivity contribution in [3.63, 3.8) is 0 Å². The summed E-state index contributed by atoms with van der Waals surface area (Å²) < 4.78 is 0. The van der Waals surface area contributed by atoms with Gasteiger partial charge in [-0.1, -0.05) is 36.8 Å². The minimum atomic E-state index is -0.678. The Hall–Kier alpha value is -1.35. The molecule has 1 aliphatic rings. The van der Waals surface area contributed by atoms with E-state index < -0.39 is 5.97 Å². The summed E-state index contributed by atoms with van der Waals surface area (Å²) in [5, 5.41) is 8.98. The number of rotatable bonds is 4. The molecule has 2 unspecified atom stereocenters. The number of aliphatic carboxylic acids is 1. The second-order valence-corrected chi connectivity index (χ2v) is 5.43. The number of hydrogen-bond acceptors (Lipinski definition) is 2. The zero-order valence-corrected chi connectivity index (χ0v) is 11.3. The van der Waals surface area contributed by atoms with Crippen molar-refractivity contribution in [3.8, 4) is 0 Å². The Morgan fingerprint density at radius 3 is 2.61 bits per heavy atom. The molecule has 3 nitrogen and oxygen atoms in total. The minimum Gasteiger partial charge on any atom is -0.481 e. The SMILES string of the molecule is Cc1cccc(C(C)N2CC(C(C)C(=O)O)C2)c1. The molecular weight excluding hydrogens is 226 g/mol. The lowest BCUT2D eigenvalue weighted by molar-refractivity contribution is -0.146. The summed E-state index contributed by atoms with van der Waals surface area (Å²) in [6.45, 7) is 7.88. The first-order valence-corrected chi connectivity index (χ1v) is 6.52. The third kappa shape index (κ3) is 2.56. The van der Waals surface area contributed by atoms with Crippen LogP contribution in [0.3, 0.4) is 0 Å². The van der Waals surface area contributed by atoms with Crippen molar-refractivity contribution in [2.45, 2.75) is 26.8 Å². The topological polar surface area (TPSA) is 40.5 Å². The van der Waals surface area contributed by atoms with Crippen LogP contribution < -0.4 is 0 Å². The molecule has 0 amide bonds. The zero-order valence-electron chi connectivity index (χ0n) is 11.3. The number of nitrogens with zero attached hydrogens (tertiary/aromatic N) is 1. The average molecular weight is 247 g/mol. The smallest absolute Gasteiger partial charge is 0.306 e. The lowest BCUT2D eigenvalue weighted by atomic mass is 9.85. The van der Waals surface area contributed by atoms with Gasteiger partial charge in [-0.25, -0.2) is 0 Å². The van der Waals surface area contributed by atoms with Gasteiger partial charge < -0.3 is 5.11 Å². The maximum absolute atomic E-state index is 10.9. The van der Waals surface area contributed by atoms with Crippen molar-refractivity contribution in [1.29, 1.82) is 0 Å². The van der Waals surface area contributed by atoms with E-state index in [4.69, 9.17) is 5.11 Å². The highest BCUT2D eigenvalue weighted by atomic mass is 16.4. The number of carboxylic acids is 1. The molecular formula is C15H21NO2. The predicted octanol–water partition coefficient (Wildman–Crippen LogP) is 2.71. The Balaban J connectivity index is 1.94. The summed E-state index contributed by atoms with van der Waals surface area (Å²) in [5.74, 6) is -0.608. The van der Waals surface area contributed by atoms with Crippen LogP contribution in [0.1, 0.15) is 31.0 Å². The van der Waals surface area contributed by atoms with Crippen LogP contribution in [0.25, 0.3) is 0 Å². The molecule has 0 radical (unpaired) electrons. The summed E-state index contributed by atoms with van der Waals surface area (Å²) in [7, 11) is 0. The lowest BCUT2D eigenvalue weighted by Gasteiger charge is -2.45. The monoisotopic (exact) mass is 247 g/mol. The van der Waals surface area contributed by atoms with E-state index in [1.54, 1.807) is 0 Å². The quantitative estimate of drug-likeness (QED) is 0.889. The van der Waals surface area contributed by atoms with E-state index in [1.165, 1.54) is 11.1 Å². The third-order valence-electron chi connectivity index (χ3n) is 4.11. The van der Waals surface area contributed by atoms with Gasteiger partial charge in [-0.3, -0.25) is 9.69 Å². The molecule has 1 N–H and O–H groups in total. The van der Waals surface area contributed by atoms with E-state index in [1.807, 2.05) is 6.92 Å². The number of carboxylic acid groups (broad SMARTS) is 1. The molecule has 2 atom stereocenters. The third-order valence-corrected chi connectivity index (χ3v) is 4.11. The maximum atomic E-state index is 10.9. The van der Waals surface area contributed by atoms with E-state index in [0.717, 1.165) is 13.1 Å². The van der Waals surface area contributed by atoms with Gasteiger partial charge in [-0.15, -0.1) is 0 Å². The van der Waals surface area contributed by atoms with E-state index in [2.05, 4.69) is 43.0 Å². The maximum Gasteiger partial charge on any atom is 0.306 e. The van der Waals surface area contributed by atoms with Gasteiger partial charge in [0.05, 0.1) is 5.92 Å². The van der Waals surface area contributed by atoms with Gasteiger partial charge in [-0.05, 0) is 25.3 Å². The first-order valence-electron chi connectivity index (χ1n) is 6.52. The van der Waals surface area contributed by atoms with Gasteiger partial charge in [0, 0.05) is 19.1 Å². The van der Waals surface area contributed by atoms with Gasteiger partial charge >= 0.3 is 5.97 Å². The lowest BCUT2D eigenvalue weighted by Crippen LogP contribution is -2.51. The van der Waals surface area contributed by atoms with E-state index >= 15 is 0 Å². The first kappa shape index (κ1) is 13.1. The second kappa shape index (κ2) is 5.11. The highest BCUT2D eigenvalue weighted by Gasteiger charge is 2.36. The molecule has 1 heterocycles. The normalized spacial score (nSPS) is 20.2. The first-order chi connectivity index (χ1) is 8.49. The molecule has 0 aromatic heterocycles. The van der Waals surface area contributed by atoms with Crippen molar-refractivity contribution in [2.75, 3.05) is 13.1 Å². The number of likely N-dealkylation sites (tertiary alicyclic amines) is 1. The summed E-state index contributed by atoms with van der Waals surface area (Å²) in [6, 6.07) is 8.91. The highest BCUT2D eigenvalue weighted by molar-refractivity contribution is 5.70. The Bertz CT molecular complexity index is 438. The number of benzene rings is 1. The van der Waals surface area contributed by atoms with E-state index in [9.17, 15) is 4.79 Å². The molecule has 0 bridgehead atoms. The van der Waals surface area contributed by atoms with E-state index in [0.29, 0.717) is 12.0 Å².